The Morgan fingerprint density at radius 1 is 1.29 bits per heavy atom. The zero-order chi connectivity index (χ0) is 19.3. The maximum Gasteiger partial charge on any atom is 0.251 e. The first-order valence-electron chi connectivity index (χ1n) is 9.79. The van der Waals surface area contributed by atoms with E-state index >= 15 is 0 Å². The number of aromatic nitrogens is 2. The van der Waals surface area contributed by atoms with Gasteiger partial charge in [-0.2, -0.15) is 0 Å². The number of amides is 1. The number of nitrogens with one attached hydrogen (secondary N) is 1. The lowest BCUT2D eigenvalue weighted by Crippen LogP contribution is -2.45. The number of methoxy groups -OCH3 is 1. The van der Waals surface area contributed by atoms with Crippen molar-refractivity contribution in [3.05, 3.63) is 52.8 Å². The van der Waals surface area contributed by atoms with Gasteiger partial charge in [0.25, 0.3) is 5.91 Å². The lowest BCUT2D eigenvalue weighted by atomic mass is 10.0. The summed E-state index contributed by atoms with van der Waals surface area (Å²) in [5.41, 5.74) is 3.93. The largest absolute Gasteiger partial charge is 0.380 e. The number of hydrogen-bond acceptors (Lipinski definition) is 6. The third-order valence-corrected chi connectivity index (χ3v) is 5.32. The van der Waals surface area contributed by atoms with Gasteiger partial charge in [0.1, 0.15) is 0 Å². The third-order valence-electron chi connectivity index (χ3n) is 5.32. The fourth-order valence-electron chi connectivity index (χ4n) is 3.68. The van der Waals surface area contributed by atoms with Crippen LogP contribution in [0, 0.1) is 0 Å². The van der Waals surface area contributed by atoms with E-state index in [1.807, 2.05) is 30.5 Å². The van der Waals surface area contributed by atoms with E-state index in [-0.39, 0.29) is 11.9 Å². The number of hydrogen-bond donors (Lipinski definition) is 1. The molecule has 0 atom stereocenters. The maximum atomic E-state index is 12.5. The van der Waals surface area contributed by atoms with Crippen LogP contribution in [-0.2, 0) is 29.1 Å². The van der Waals surface area contributed by atoms with Gasteiger partial charge < -0.3 is 19.7 Å². The van der Waals surface area contributed by atoms with Crippen LogP contribution >= 0.6 is 0 Å². The molecule has 2 aliphatic rings. The molecule has 0 saturated carbocycles. The lowest BCUT2D eigenvalue weighted by molar-refractivity contribution is 0.0931. The predicted molar refractivity (Wildman–Crippen MR) is 105 cm³/mol. The summed E-state index contributed by atoms with van der Waals surface area (Å²) in [5.74, 6) is 0.770. The highest BCUT2D eigenvalue weighted by Crippen LogP contribution is 2.20. The van der Waals surface area contributed by atoms with Gasteiger partial charge in [0.15, 0.2) is 0 Å². The summed E-state index contributed by atoms with van der Waals surface area (Å²) < 4.78 is 10.6. The van der Waals surface area contributed by atoms with E-state index in [1.54, 1.807) is 7.11 Å². The topological polar surface area (TPSA) is 76.6 Å². The molecule has 2 aliphatic heterocycles. The van der Waals surface area contributed by atoms with Crippen molar-refractivity contribution in [1.82, 2.24) is 15.3 Å². The number of carbonyl (C=O) groups excluding carboxylic acids is 1. The van der Waals surface area contributed by atoms with Gasteiger partial charge in [-0.3, -0.25) is 4.79 Å². The van der Waals surface area contributed by atoms with Crippen LogP contribution in [0.4, 0.5) is 5.95 Å². The van der Waals surface area contributed by atoms with Crippen LogP contribution in [-0.4, -0.2) is 48.7 Å². The Labute approximate surface area is 165 Å². The summed E-state index contributed by atoms with van der Waals surface area (Å²) >= 11 is 0. The zero-order valence-electron chi connectivity index (χ0n) is 16.2. The minimum atomic E-state index is -0.0209. The highest BCUT2D eigenvalue weighted by atomic mass is 16.5. The second-order valence-electron chi connectivity index (χ2n) is 7.31. The van der Waals surface area contributed by atoms with Crippen LogP contribution in [0.25, 0.3) is 0 Å². The molecule has 0 aliphatic carbocycles. The van der Waals surface area contributed by atoms with Crippen LogP contribution in [0.15, 0.2) is 30.5 Å². The number of piperidine rings is 1. The highest BCUT2D eigenvalue weighted by molar-refractivity contribution is 5.94. The molecule has 0 unspecified atom stereocenters. The summed E-state index contributed by atoms with van der Waals surface area (Å²) in [6.45, 7) is 3.57. The predicted octanol–water partition coefficient (Wildman–Crippen LogP) is 2.09. The van der Waals surface area contributed by atoms with Crippen LogP contribution in [0.2, 0.25) is 0 Å². The van der Waals surface area contributed by atoms with Gasteiger partial charge in [0, 0.05) is 50.0 Å². The minimum absolute atomic E-state index is 0.0209. The zero-order valence-corrected chi connectivity index (χ0v) is 16.2. The average Bonchev–Trinajstić information content (AvgIpc) is 2.75. The SMILES string of the molecule is COCc1ccc(C(=O)NC2CCN(c3ncc4c(n3)CCOC4)CC2)cc1. The van der Waals surface area contributed by atoms with E-state index in [0.29, 0.717) is 18.8 Å². The van der Waals surface area contributed by atoms with Crippen molar-refractivity contribution in [2.75, 3.05) is 31.7 Å². The Morgan fingerprint density at radius 3 is 2.82 bits per heavy atom. The number of benzene rings is 1. The average molecular weight is 382 g/mol. The quantitative estimate of drug-likeness (QED) is 0.853. The standard InChI is InChI=1S/C21H26N4O3/c1-27-13-15-2-4-16(5-3-15)20(26)23-18-6-9-25(10-7-18)21-22-12-17-14-28-11-8-19(17)24-21/h2-5,12,18H,6-11,13-14H2,1H3,(H,23,26). The van der Waals surface area contributed by atoms with Crippen molar-refractivity contribution in [1.29, 1.82) is 0 Å². The Hall–Kier alpha value is -2.51. The van der Waals surface area contributed by atoms with Gasteiger partial charge >= 0.3 is 0 Å². The molecule has 1 aromatic heterocycles. The van der Waals surface area contributed by atoms with E-state index < -0.39 is 0 Å². The van der Waals surface area contributed by atoms with E-state index in [9.17, 15) is 4.79 Å². The summed E-state index contributed by atoms with van der Waals surface area (Å²) in [4.78, 5) is 23.9. The summed E-state index contributed by atoms with van der Waals surface area (Å²) in [5, 5.41) is 3.15. The van der Waals surface area contributed by atoms with E-state index in [1.165, 1.54) is 0 Å². The number of ether oxygens (including phenoxy) is 2. The minimum Gasteiger partial charge on any atom is -0.380 e. The maximum absolute atomic E-state index is 12.5. The number of carbonyl (C=O) groups is 1. The van der Waals surface area contributed by atoms with Crippen molar-refractivity contribution >= 4 is 11.9 Å². The molecule has 1 fully saturated rings. The molecule has 4 rings (SSSR count). The van der Waals surface area contributed by atoms with E-state index in [2.05, 4.69) is 15.2 Å². The molecule has 7 heteroatoms. The van der Waals surface area contributed by atoms with Gasteiger partial charge in [-0.05, 0) is 30.5 Å². The molecular formula is C21H26N4O3. The van der Waals surface area contributed by atoms with Crippen molar-refractivity contribution in [3.8, 4) is 0 Å². The van der Waals surface area contributed by atoms with Crippen molar-refractivity contribution in [3.63, 3.8) is 0 Å². The van der Waals surface area contributed by atoms with Gasteiger partial charge in [0.2, 0.25) is 5.95 Å². The normalized spacial score (nSPS) is 17.2. The summed E-state index contributed by atoms with van der Waals surface area (Å²) in [6, 6.07) is 7.74. The van der Waals surface area contributed by atoms with Gasteiger partial charge in [-0.1, -0.05) is 12.1 Å². The molecule has 148 valence electrons. The Kier molecular flexibility index (Phi) is 5.83. The second-order valence-corrected chi connectivity index (χ2v) is 7.31. The molecule has 1 N–H and O–H groups in total. The number of rotatable bonds is 5. The molecule has 3 heterocycles. The van der Waals surface area contributed by atoms with Gasteiger partial charge in [-0.15, -0.1) is 0 Å². The summed E-state index contributed by atoms with van der Waals surface area (Å²) in [7, 11) is 1.66. The first-order chi connectivity index (χ1) is 13.7. The molecule has 0 bridgehead atoms. The number of anilines is 1. The van der Waals surface area contributed by atoms with Crippen molar-refractivity contribution < 1.29 is 14.3 Å². The van der Waals surface area contributed by atoms with E-state index in [0.717, 1.165) is 61.7 Å². The Bertz CT molecular complexity index is 817. The van der Waals surface area contributed by atoms with Crippen molar-refractivity contribution in [2.45, 2.75) is 38.5 Å². The molecule has 1 aromatic carbocycles. The first-order valence-corrected chi connectivity index (χ1v) is 9.79. The van der Waals surface area contributed by atoms with Crippen LogP contribution in [0.1, 0.15) is 40.0 Å². The Balaban J connectivity index is 1.31. The molecule has 1 amide bonds. The molecule has 28 heavy (non-hydrogen) atoms. The molecule has 7 nitrogen and oxygen atoms in total. The molecule has 2 aromatic rings. The number of fused-ring (bicyclic) bond motifs is 1. The van der Waals surface area contributed by atoms with Crippen LogP contribution < -0.4 is 10.2 Å². The fourth-order valence-corrected chi connectivity index (χ4v) is 3.68. The lowest BCUT2D eigenvalue weighted by Gasteiger charge is -2.33. The Morgan fingerprint density at radius 2 is 2.07 bits per heavy atom. The fraction of sp³-hybridized carbons (Fsp3) is 0.476. The smallest absolute Gasteiger partial charge is 0.251 e. The van der Waals surface area contributed by atoms with Crippen LogP contribution in [0.3, 0.4) is 0 Å². The third kappa shape index (κ3) is 4.31. The highest BCUT2D eigenvalue weighted by Gasteiger charge is 2.23. The van der Waals surface area contributed by atoms with E-state index in [4.69, 9.17) is 14.5 Å². The monoisotopic (exact) mass is 382 g/mol. The number of nitrogens with zero attached hydrogens (tertiary/aromatic N) is 3. The van der Waals surface area contributed by atoms with Gasteiger partial charge in [0.05, 0.1) is 25.5 Å². The van der Waals surface area contributed by atoms with Gasteiger partial charge in [-0.25, -0.2) is 9.97 Å². The molecule has 0 spiro atoms. The summed E-state index contributed by atoms with van der Waals surface area (Å²) in [6.07, 6.45) is 4.51. The molecular weight excluding hydrogens is 356 g/mol. The molecule has 0 radical (unpaired) electrons. The first kappa shape index (κ1) is 18.8. The molecule has 1 saturated heterocycles. The van der Waals surface area contributed by atoms with Crippen LogP contribution in [0.5, 0.6) is 0 Å². The van der Waals surface area contributed by atoms with Crippen molar-refractivity contribution in [2.24, 2.45) is 0 Å². The second kappa shape index (κ2) is 8.67.